The van der Waals surface area contributed by atoms with Gasteiger partial charge < -0.3 is 5.32 Å². The van der Waals surface area contributed by atoms with Crippen LogP contribution in [0.2, 0.25) is 0 Å². The number of thiazole rings is 1. The van der Waals surface area contributed by atoms with Crippen LogP contribution >= 0.6 is 34.9 Å². The van der Waals surface area contributed by atoms with Crippen LogP contribution in [-0.2, 0) is 4.79 Å². The number of rotatable bonds is 4. The molecule has 4 nitrogen and oxygen atoms in total. The number of para-hydroxylation sites is 1. The SMILES string of the molecule is C[C@@H]1CCC2=C(C1)SC(NC(=O)CSc1nc3ccccc3s1)C2C#N. The number of amides is 1. The first kappa shape index (κ1) is 17.9. The third-order valence-electron chi connectivity index (χ3n) is 4.79. The molecule has 2 aromatic rings. The maximum absolute atomic E-state index is 12.4. The quantitative estimate of drug-likeness (QED) is 0.746. The number of nitriles is 1. The van der Waals surface area contributed by atoms with E-state index in [1.165, 1.54) is 22.2 Å². The van der Waals surface area contributed by atoms with Crippen molar-refractivity contribution in [3.63, 3.8) is 0 Å². The molecule has 0 spiro atoms. The summed E-state index contributed by atoms with van der Waals surface area (Å²) in [7, 11) is 0. The highest BCUT2D eigenvalue weighted by atomic mass is 32.2. The van der Waals surface area contributed by atoms with Gasteiger partial charge in [0.25, 0.3) is 0 Å². The fourth-order valence-electron chi connectivity index (χ4n) is 3.45. The summed E-state index contributed by atoms with van der Waals surface area (Å²) < 4.78 is 2.04. The second-order valence-corrected chi connectivity index (χ2v) is 10.2. The van der Waals surface area contributed by atoms with E-state index in [1.54, 1.807) is 23.1 Å². The predicted molar refractivity (Wildman–Crippen MR) is 109 cm³/mol. The summed E-state index contributed by atoms with van der Waals surface area (Å²) >= 11 is 4.76. The first-order chi connectivity index (χ1) is 12.6. The number of nitrogens with zero attached hydrogens (tertiary/aromatic N) is 2. The molecule has 26 heavy (non-hydrogen) atoms. The summed E-state index contributed by atoms with van der Waals surface area (Å²) in [5, 5.41) is 12.5. The van der Waals surface area contributed by atoms with Gasteiger partial charge in [0.05, 0.1) is 33.3 Å². The van der Waals surface area contributed by atoms with Gasteiger partial charge in [-0.2, -0.15) is 5.26 Å². The number of fused-ring (bicyclic) bond motifs is 1. The van der Waals surface area contributed by atoms with Crippen molar-refractivity contribution in [1.29, 1.82) is 5.26 Å². The van der Waals surface area contributed by atoms with Crippen molar-refractivity contribution in [3.05, 3.63) is 34.7 Å². The van der Waals surface area contributed by atoms with Gasteiger partial charge >= 0.3 is 0 Å². The highest BCUT2D eigenvalue weighted by molar-refractivity contribution is 8.04. The number of allylic oxidation sites excluding steroid dienone is 1. The van der Waals surface area contributed by atoms with Crippen molar-refractivity contribution >= 4 is 51.0 Å². The highest BCUT2D eigenvalue weighted by Gasteiger charge is 2.38. The van der Waals surface area contributed by atoms with Gasteiger partial charge in [0.1, 0.15) is 0 Å². The normalized spacial score (nSPS) is 25.2. The molecular weight excluding hydrogens is 382 g/mol. The molecule has 1 N–H and O–H groups in total. The Morgan fingerprint density at radius 2 is 2.31 bits per heavy atom. The molecule has 1 aliphatic carbocycles. The van der Waals surface area contributed by atoms with Crippen LogP contribution in [0.1, 0.15) is 26.2 Å². The average molecular weight is 402 g/mol. The number of carbonyl (C=O) groups excluding carboxylic acids is 1. The Labute approximate surface area is 165 Å². The zero-order valence-corrected chi connectivity index (χ0v) is 16.8. The largest absolute Gasteiger partial charge is 0.342 e. The summed E-state index contributed by atoms with van der Waals surface area (Å²) in [6, 6.07) is 10.4. The lowest BCUT2D eigenvalue weighted by atomic mass is 9.85. The van der Waals surface area contributed by atoms with Crippen molar-refractivity contribution in [2.75, 3.05) is 5.75 Å². The van der Waals surface area contributed by atoms with E-state index in [1.807, 2.05) is 24.3 Å². The molecule has 1 aliphatic heterocycles. The molecule has 0 fully saturated rings. The molecule has 1 aromatic heterocycles. The van der Waals surface area contributed by atoms with Crippen LogP contribution in [0, 0.1) is 23.2 Å². The van der Waals surface area contributed by atoms with Crippen molar-refractivity contribution in [2.24, 2.45) is 11.8 Å². The standard InChI is InChI=1S/C19H19N3OS3/c1-11-6-7-12-13(9-20)18(25-16(12)8-11)22-17(23)10-24-19-21-14-4-2-3-5-15(14)26-19/h2-5,11,13,18H,6-8,10H2,1H3,(H,22,23)/t11-,13?,18?/m1/s1. The zero-order valence-electron chi connectivity index (χ0n) is 14.4. The van der Waals surface area contributed by atoms with E-state index in [-0.39, 0.29) is 17.2 Å². The number of nitrogens with one attached hydrogen (secondary N) is 1. The Morgan fingerprint density at radius 3 is 3.12 bits per heavy atom. The van der Waals surface area contributed by atoms with Crippen molar-refractivity contribution < 1.29 is 4.79 Å². The minimum atomic E-state index is -0.182. The van der Waals surface area contributed by atoms with Gasteiger partial charge in [-0.05, 0) is 47.8 Å². The number of carbonyl (C=O) groups is 1. The fourth-order valence-corrected chi connectivity index (χ4v) is 6.95. The van der Waals surface area contributed by atoms with E-state index in [0.29, 0.717) is 11.7 Å². The van der Waals surface area contributed by atoms with Gasteiger partial charge in [0.15, 0.2) is 4.34 Å². The first-order valence-electron chi connectivity index (χ1n) is 8.70. The summed E-state index contributed by atoms with van der Waals surface area (Å²) in [5.74, 6) is 0.791. The number of thioether (sulfide) groups is 2. The van der Waals surface area contributed by atoms with Gasteiger partial charge in [-0.1, -0.05) is 30.8 Å². The summed E-state index contributed by atoms with van der Waals surface area (Å²) in [4.78, 5) is 18.3. The van der Waals surface area contributed by atoms with Gasteiger partial charge in [0, 0.05) is 0 Å². The molecule has 1 aromatic carbocycles. The molecule has 0 saturated heterocycles. The number of benzene rings is 1. The van der Waals surface area contributed by atoms with Gasteiger partial charge in [0.2, 0.25) is 5.91 Å². The van der Waals surface area contributed by atoms with E-state index in [0.717, 1.165) is 33.8 Å². The van der Waals surface area contributed by atoms with Crippen LogP contribution in [0.4, 0.5) is 0 Å². The summed E-state index contributed by atoms with van der Waals surface area (Å²) in [6.07, 6.45) is 3.19. The van der Waals surface area contributed by atoms with Crippen LogP contribution in [-0.4, -0.2) is 22.0 Å². The molecule has 0 bridgehead atoms. The van der Waals surface area contributed by atoms with Crippen molar-refractivity contribution in [1.82, 2.24) is 10.3 Å². The van der Waals surface area contributed by atoms with Crippen molar-refractivity contribution in [3.8, 4) is 6.07 Å². The van der Waals surface area contributed by atoms with E-state index in [9.17, 15) is 10.1 Å². The number of aromatic nitrogens is 1. The Balaban J connectivity index is 1.35. The van der Waals surface area contributed by atoms with Crippen LogP contribution < -0.4 is 5.32 Å². The molecule has 0 radical (unpaired) electrons. The summed E-state index contributed by atoms with van der Waals surface area (Å²) in [5.41, 5.74) is 2.24. The smallest absolute Gasteiger partial charge is 0.231 e. The minimum Gasteiger partial charge on any atom is -0.342 e. The fraction of sp³-hybridized carbons (Fsp3) is 0.421. The molecule has 1 amide bonds. The minimum absolute atomic E-state index is 0.0279. The number of hydrogen-bond acceptors (Lipinski definition) is 6. The lowest BCUT2D eigenvalue weighted by Crippen LogP contribution is -2.37. The molecule has 2 unspecified atom stereocenters. The molecule has 3 atom stereocenters. The topological polar surface area (TPSA) is 65.8 Å². The Kier molecular flexibility index (Phi) is 5.25. The molecule has 4 rings (SSSR count). The van der Waals surface area contributed by atoms with E-state index >= 15 is 0 Å². The lowest BCUT2D eigenvalue weighted by molar-refractivity contribution is -0.118. The van der Waals surface area contributed by atoms with Gasteiger partial charge in [-0.15, -0.1) is 23.1 Å². The van der Waals surface area contributed by atoms with Crippen LogP contribution in [0.25, 0.3) is 10.2 Å². The molecule has 134 valence electrons. The Hall–Kier alpha value is -1.49. The third-order valence-corrected chi connectivity index (χ3v) is 8.33. The van der Waals surface area contributed by atoms with E-state index in [2.05, 4.69) is 23.3 Å². The molecule has 7 heteroatoms. The number of hydrogen-bond donors (Lipinski definition) is 1. The maximum atomic E-state index is 12.4. The monoisotopic (exact) mass is 401 g/mol. The molecule has 2 heterocycles. The van der Waals surface area contributed by atoms with E-state index in [4.69, 9.17) is 0 Å². The second kappa shape index (κ2) is 7.63. The first-order valence-corrected chi connectivity index (χ1v) is 11.4. The maximum Gasteiger partial charge on any atom is 0.231 e. The Morgan fingerprint density at radius 1 is 1.46 bits per heavy atom. The zero-order chi connectivity index (χ0) is 18.1. The average Bonchev–Trinajstić information content (AvgIpc) is 3.19. The second-order valence-electron chi connectivity index (χ2n) is 6.75. The van der Waals surface area contributed by atoms with Crippen LogP contribution in [0.3, 0.4) is 0 Å². The predicted octanol–water partition coefficient (Wildman–Crippen LogP) is 4.79. The van der Waals surface area contributed by atoms with Crippen molar-refractivity contribution in [2.45, 2.75) is 35.9 Å². The van der Waals surface area contributed by atoms with Crippen LogP contribution in [0.5, 0.6) is 0 Å². The molecule has 2 aliphatic rings. The lowest BCUT2D eigenvalue weighted by Gasteiger charge is -2.20. The van der Waals surface area contributed by atoms with Gasteiger partial charge in [-0.25, -0.2) is 4.98 Å². The van der Waals surface area contributed by atoms with Gasteiger partial charge in [-0.3, -0.25) is 4.79 Å². The Bertz CT molecular complexity index is 881. The molecular formula is C19H19N3OS3. The third kappa shape index (κ3) is 3.64. The van der Waals surface area contributed by atoms with E-state index < -0.39 is 0 Å². The van der Waals surface area contributed by atoms with Crippen LogP contribution in [0.15, 0.2) is 39.1 Å². The molecule has 0 saturated carbocycles. The summed E-state index contributed by atoms with van der Waals surface area (Å²) in [6.45, 7) is 2.26. The highest BCUT2D eigenvalue weighted by Crippen LogP contribution is 2.49.